The Morgan fingerprint density at radius 1 is 0.905 bits per heavy atom. The van der Waals surface area contributed by atoms with Crippen LogP contribution in [0, 0.1) is 0 Å². The fraction of sp³-hybridized carbons (Fsp3) is 0.355. The molecule has 9 nitrogen and oxygen atoms in total. The summed E-state index contributed by atoms with van der Waals surface area (Å²) >= 11 is 6.24. The molecule has 226 valence electrons. The van der Waals surface area contributed by atoms with Crippen LogP contribution in [0.4, 0.5) is 5.69 Å². The molecule has 2 atom stereocenters. The van der Waals surface area contributed by atoms with Gasteiger partial charge in [-0.25, -0.2) is 8.42 Å². The van der Waals surface area contributed by atoms with Gasteiger partial charge in [0.25, 0.3) is 10.0 Å². The maximum absolute atomic E-state index is 14.1. The lowest BCUT2D eigenvalue weighted by Crippen LogP contribution is -2.53. The highest BCUT2D eigenvalue weighted by Crippen LogP contribution is 2.28. The number of ether oxygens (including phenoxy) is 2. The first-order valence-electron chi connectivity index (χ1n) is 13.7. The number of sulfonamides is 1. The third kappa shape index (κ3) is 8.17. The summed E-state index contributed by atoms with van der Waals surface area (Å²) < 4.78 is 39.4. The summed E-state index contributed by atoms with van der Waals surface area (Å²) in [5.74, 6) is 0.286. The largest absolute Gasteiger partial charge is 0.497 e. The number of hydrogen-bond donors (Lipinski definition) is 1. The van der Waals surface area contributed by atoms with E-state index in [-0.39, 0.29) is 29.1 Å². The number of hydrogen-bond acceptors (Lipinski definition) is 6. The molecule has 42 heavy (non-hydrogen) atoms. The molecule has 1 N–H and O–H groups in total. The fourth-order valence-corrected chi connectivity index (χ4v) is 5.91. The minimum Gasteiger partial charge on any atom is -0.497 e. The van der Waals surface area contributed by atoms with Gasteiger partial charge in [0.05, 0.1) is 24.8 Å². The SMILES string of the molecule is CC[C@H](C(=O)N[C@@H](C)CC)N(Cc1ccc(OC)cc1)C(=O)CN(c1cccc(Cl)c1)S(=O)(=O)c1ccc(OC)cc1. The zero-order valence-corrected chi connectivity index (χ0v) is 26.1. The Morgan fingerprint density at radius 3 is 2.02 bits per heavy atom. The molecule has 0 fully saturated rings. The lowest BCUT2D eigenvalue weighted by molar-refractivity contribution is -0.140. The Kier molecular flexibility index (Phi) is 11.6. The molecular formula is C31H38ClN3O6S. The highest BCUT2D eigenvalue weighted by Gasteiger charge is 2.34. The van der Waals surface area contributed by atoms with Gasteiger partial charge in [0, 0.05) is 17.6 Å². The molecule has 0 heterocycles. The van der Waals surface area contributed by atoms with Crippen molar-refractivity contribution in [3.05, 3.63) is 83.4 Å². The van der Waals surface area contributed by atoms with Crippen LogP contribution in [0.2, 0.25) is 5.02 Å². The second-order valence-corrected chi connectivity index (χ2v) is 12.1. The molecule has 0 aromatic heterocycles. The van der Waals surface area contributed by atoms with Gasteiger partial charge in [-0.3, -0.25) is 13.9 Å². The number of nitrogens with zero attached hydrogens (tertiary/aromatic N) is 2. The Hall–Kier alpha value is -3.76. The topological polar surface area (TPSA) is 105 Å². The Bertz CT molecular complexity index is 1450. The van der Waals surface area contributed by atoms with E-state index in [1.54, 1.807) is 49.6 Å². The zero-order chi connectivity index (χ0) is 30.9. The van der Waals surface area contributed by atoms with Gasteiger partial charge < -0.3 is 19.7 Å². The first-order valence-corrected chi connectivity index (χ1v) is 15.5. The minimum atomic E-state index is -4.23. The maximum Gasteiger partial charge on any atom is 0.264 e. The summed E-state index contributed by atoms with van der Waals surface area (Å²) in [6.07, 6.45) is 1.05. The van der Waals surface area contributed by atoms with E-state index >= 15 is 0 Å². The third-order valence-corrected chi connectivity index (χ3v) is 8.94. The van der Waals surface area contributed by atoms with E-state index in [4.69, 9.17) is 21.1 Å². The molecular weight excluding hydrogens is 578 g/mol. The lowest BCUT2D eigenvalue weighted by Gasteiger charge is -2.33. The summed E-state index contributed by atoms with van der Waals surface area (Å²) in [7, 11) is -1.18. The summed E-state index contributed by atoms with van der Waals surface area (Å²) in [5.41, 5.74) is 0.972. The van der Waals surface area contributed by atoms with Gasteiger partial charge in [0.15, 0.2) is 0 Å². The Balaban J connectivity index is 2.06. The van der Waals surface area contributed by atoms with Crippen LogP contribution in [0.1, 0.15) is 39.2 Å². The van der Waals surface area contributed by atoms with Crippen molar-refractivity contribution in [2.24, 2.45) is 0 Å². The van der Waals surface area contributed by atoms with Gasteiger partial charge in [-0.2, -0.15) is 0 Å². The summed E-state index contributed by atoms with van der Waals surface area (Å²) in [6.45, 7) is 5.19. The second kappa shape index (κ2) is 14.9. The van der Waals surface area contributed by atoms with Crippen molar-refractivity contribution in [3.8, 4) is 11.5 Å². The average molecular weight is 616 g/mol. The number of methoxy groups -OCH3 is 2. The molecule has 0 saturated carbocycles. The number of benzene rings is 3. The summed E-state index contributed by atoms with van der Waals surface area (Å²) in [5, 5.41) is 3.27. The van der Waals surface area contributed by atoms with E-state index in [2.05, 4.69) is 5.32 Å². The van der Waals surface area contributed by atoms with Crippen molar-refractivity contribution in [3.63, 3.8) is 0 Å². The van der Waals surface area contributed by atoms with Crippen molar-refractivity contribution in [1.82, 2.24) is 10.2 Å². The number of carbonyl (C=O) groups excluding carboxylic acids is 2. The van der Waals surface area contributed by atoms with Crippen LogP contribution in [0.25, 0.3) is 0 Å². The zero-order valence-electron chi connectivity index (χ0n) is 24.5. The number of anilines is 1. The lowest BCUT2D eigenvalue weighted by atomic mass is 10.1. The van der Waals surface area contributed by atoms with Gasteiger partial charge in [-0.1, -0.05) is 43.6 Å². The highest BCUT2D eigenvalue weighted by molar-refractivity contribution is 7.92. The Morgan fingerprint density at radius 2 is 1.50 bits per heavy atom. The van der Waals surface area contributed by atoms with Crippen LogP contribution in [0.15, 0.2) is 77.7 Å². The smallest absolute Gasteiger partial charge is 0.264 e. The van der Waals surface area contributed by atoms with Crippen LogP contribution in [-0.4, -0.2) is 58.0 Å². The molecule has 0 saturated heterocycles. The summed E-state index contributed by atoms with van der Waals surface area (Å²) in [4.78, 5) is 28.9. The molecule has 3 aromatic carbocycles. The summed E-state index contributed by atoms with van der Waals surface area (Å²) in [6, 6.07) is 18.4. The van der Waals surface area contributed by atoms with E-state index in [1.807, 2.05) is 20.8 Å². The Labute approximate surface area is 253 Å². The van der Waals surface area contributed by atoms with Crippen molar-refractivity contribution in [2.45, 2.75) is 57.1 Å². The second-order valence-electron chi connectivity index (χ2n) is 9.78. The van der Waals surface area contributed by atoms with Crippen LogP contribution < -0.4 is 19.1 Å². The molecule has 0 aliphatic heterocycles. The standard InChI is InChI=1S/C31H38ClN3O6S/c1-6-22(3)33-31(37)29(7-2)34(20-23-11-13-26(40-4)14-12-23)30(36)21-35(25-10-8-9-24(32)19-25)42(38,39)28-17-15-27(41-5)16-18-28/h8-19,22,29H,6-7,20-21H2,1-5H3,(H,33,37)/t22-,29+/m0/s1. The van der Waals surface area contributed by atoms with Gasteiger partial charge in [-0.05, 0) is 79.9 Å². The van der Waals surface area contributed by atoms with Gasteiger partial charge in [-0.15, -0.1) is 0 Å². The van der Waals surface area contributed by atoms with Gasteiger partial charge in [0.2, 0.25) is 11.8 Å². The maximum atomic E-state index is 14.1. The van der Waals surface area contributed by atoms with E-state index in [0.29, 0.717) is 22.9 Å². The molecule has 11 heteroatoms. The number of nitrogens with one attached hydrogen (secondary N) is 1. The van der Waals surface area contributed by atoms with Crippen LogP contribution in [0.3, 0.4) is 0 Å². The first kappa shape index (κ1) is 32.8. The van der Waals surface area contributed by atoms with Crippen molar-refractivity contribution in [2.75, 3.05) is 25.1 Å². The quantitative estimate of drug-likeness (QED) is 0.265. The molecule has 3 aromatic rings. The fourth-order valence-electron chi connectivity index (χ4n) is 4.32. The van der Waals surface area contributed by atoms with Crippen LogP contribution in [0.5, 0.6) is 11.5 Å². The van der Waals surface area contributed by atoms with E-state index in [0.717, 1.165) is 16.3 Å². The molecule has 3 rings (SSSR count). The number of carbonyl (C=O) groups is 2. The highest BCUT2D eigenvalue weighted by atomic mass is 35.5. The van der Waals surface area contributed by atoms with Crippen LogP contribution >= 0.6 is 11.6 Å². The molecule has 0 radical (unpaired) electrons. The normalized spacial score (nSPS) is 12.6. The van der Waals surface area contributed by atoms with Gasteiger partial charge >= 0.3 is 0 Å². The van der Waals surface area contributed by atoms with E-state index in [1.165, 1.54) is 42.3 Å². The first-order chi connectivity index (χ1) is 20.0. The van der Waals surface area contributed by atoms with Crippen molar-refractivity contribution in [1.29, 1.82) is 0 Å². The average Bonchev–Trinajstić information content (AvgIpc) is 2.99. The van der Waals surface area contributed by atoms with E-state index < -0.39 is 28.5 Å². The molecule has 0 bridgehead atoms. The molecule has 0 spiro atoms. The molecule has 2 amide bonds. The monoisotopic (exact) mass is 615 g/mol. The van der Waals surface area contributed by atoms with E-state index in [9.17, 15) is 18.0 Å². The number of rotatable bonds is 14. The van der Waals surface area contributed by atoms with Crippen molar-refractivity contribution < 1.29 is 27.5 Å². The number of halogens is 1. The predicted octanol–water partition coefficient (Wildman–Crippen LogP) is 5.27. The predicted molar refractivity (Wildman–Crippen MR) is 164 cm³/mol. The third-order valence-electron chi connectivity index (χ3n) is 6.92. The number of amides is 2. The molecule has 0 unspecified atom stereocenters. The molecule has 0 aliphatic carbocycles. The van der Waals surface area contributed by atoms with Crippen LogP contribution in [-0.2, 0) is 26.2 Å². The minimum absolute atomic E-state index is 0.0284. The van der Waals surface area contributed by atoms with Crippen molar-refractivity contribution >= 4 is 39.1 Å². The van der Waals surface area contributed by atoms with Gasteiger partial charge in [0.1, 0.15) is 24.1 Å². The molecule has 0 aliphatic rings.